The van der Waals surface area contributed by atoms with Crippen LogP contribution in [0, 0.1) is 17.8 Å². The van der Waals surface area contributed by atoms with Gasteiger partial charge >= 0.3 is 6.03 Å². The molecule has 1 heterocycles. The number of nitrogens with zero attached hydrogens (tertiary/aromatic N) is 1. The Morgan fingerprint density at radius 3 is 2.06 bits per heavy atom. The Hall–Kier alpha value is -3.61. The number of carbonyl (C=O) groups is 3. The molecule has 0 spiro atoms. The third kappa shape index (κ3) is 3.30. The smallest absolute Gasteiger partial charge is 0.335 e. The molecule has 2 aromatic carbocycles. The van der Waals surface area contributed by atoms with Crippen LogP contribution in [0.3, 0.4) is 0 Å². The summed E-state index contributed by atoms with van der Waals surface area (Å²) in [5, 5.41) is 21.4. The highest BCUT2D eigenvalue weighted by Gasteiger charge is 2.51. The summed E-state index contributed by atoms with van der Waals surface area (Å²) in [4.78, 5) is 39.1. The van der Waals surface area contributed by atoms with Gasteiger partial charge in [-0.05, 0) is 103 Å². The SMILES string of the molecule is O=C1NC(=O)N(c2ccc(C34CC5CC(CC(C5)C3)C4)cc2)C(=O)C1=Cc1ccc(O)c(O)c1. The minimum atomic E-state index is -0.802. The molecule has 0 unspecified atom stereocenters. The summed E-state index contributed by atoms with van der Waals surface area (Å²) in [7, 11) is 0. The first kappa shape index (κ1) is 21.0. The molecule has 0 aromatic heterocycles. The largest absolute Gasteiger partial charge is 0.504 e. The predicted octanol–water partition coefficient (Wildman–Crippen LogP) is 4.23. The molecular weight excluding hydrogens is 432 g/mol. The van der Waals surface area contributed by atoms with Gasteiger partial charge in [-0.15, -0.1) is 0 Å². The van der Waals surface area contributed by atoms with E-state index >= 15 is 0 Å². The van der Waals surface area contributed by atoms with E-state index in [-0.39, 0.29) is 22.5 Å². The number of phenols is 2. The van der Waals surface area contributed by atoms with Gasteiger partial charge in [0.15, 0.2) is 11.5 Å². The lowest BCUT2D eigenvalue weighted by Crippen LogP contribution is -2.54. The Morgan fingerprint density at radius 2 is 1.47 bits per heavy atom. The Bertz CT molecular complexity index is 1210. The molecule has 0 radical (unpaired) electrons. The number of phenolic OH excluding ortho intramolecular Hbond substituents is 2. The van der Waals surface area contributed by atoms with E-state index < -0.39 is 17.8 Å². The Kier molecular flexibility index (Phi) is 4.59. The normalized spacial score (nSPS) is 31.3. The molecule has 174 valence electrons. The highest BCUT2D eigenvalue weighted by Crippen LogP contribution is 2.60. The predicted molar refractivity (Wildman–Crippen MR) is 125 cm³/mol. The van der Waals surface area contributed by atoms with E-state index in [2.05, 4.69) is 5.32 Å². The molecule has 1 aliphatic heterocycles. The van der Waals surface area contributed by atoms with E-state index in [1.165, 1.54) is 68.4 Å². The van der Waals surface area contributed by atoms with E-state index in [9.17, 15) is 24.6 Å². The third-order valence-corrected chi connectivity index (χ3v) is 8.19. The van der Waals surface area contributed by atoms with Crippen LogP contribution in [0.15, 0.2) is 48.0 Å². The average Bonchev–Trinajstić information content (AvgIpc) is 2.78. The fourth-order valence-electron chi connectivity index (χ4n) is 7.12. The van der Waals surface area contributed by atoms with Gasteiger partial charge in [0, 0.05) is 0 Å². The Balaban J connectivity index is 1.29. The maximum atomic E-state index is 13.2. The van der Waals surface area contributed by atoms with Crippen molar-refractivity contribution in [2.45, 2.75) is 43.9 Å². The van der Waals surface area contributed by atoms with Crippen molar-refractivity contribution in [1.82, 2.24) is 5.32 Å². The van der Waals surface area contributed by atoms with Crippen molar-refractivity contribution in [1.29, 1.82) is 0 Å². The summed E-state index contributed by atoms with van der Waals surface area (Å²) in [5.74, 6) is 0.242. The summed E-state index contributed by atoms with van der Waals surface area (Å²) in [6.07, 6.45) is 9.05. The number of amides is 4. The molecule has 4 saturated carbocycles. The van der Waals surface area contributed by atoms with Crippen molar-refractivity contribution in [3.63, 3.8) is 0 Å². The van der Waals surface area contributed by atoms with Crippen molar-refractivity contribution in [2.75, 3.05) is 4.90 Å². The third-order valence-electron chi connectivity index (χ3n) is 8.19. The standard InChI is InChI=1S/C27H26N2O5/c30-22-6-1-15(11-23(22)31)10-21-24(32)28-26(34)29(25(21)33)20-4-2-19(3-5-20)27-12-16-7-17(13-27)9-18(8-16)14-27/h1-6,10-11,16-18,30-31H,7-9,12-14H2,(H,28,32,34). The Morgan fingerprint density at radius 1 is 0.853 bits per heavy atom. The summed E-state index contributed by atoms with van der Waals surface area (Å²) in [6.45, 7) is 0. The van der Waals surface area contributed by atoms with E-state index in [1.807, 2.05) is 12.1 Å². The molecular formula is C27H26N2O5. The number of urea groups is 1. The van der Waals surface area contributed by atoms with Crippen molar-refractivity contribution in [3.8, 4) is 11.5 Å². The van der Waals surface area contributed by atoms with Gasteiger partial charge in [-0.3, -0.25) is 14.9 Å². The number of benzene rings is 2. The van der Waals surface area contributed by atoms with E-state index in [0.29, 0.717) is 11.3 Å². The highest BCUT2D eigenvalue weighted by molar-refractivity contribution is 6.39. The van der Waals surface area contributed by atoms with Crippen LogP contribution in [0.25, 0.3) is 6.08 Å². The van der Waals surface area contributed by atoms with Gasteiger partial charge in [0.05, 0.1) is 5.69 Å². The van der Waals surface area contributed by atoms with Gasteiger partial charge in [-0.2, -0.15) is 0 Å². The van der Waals surface area contributed by atoms with Crippen molar-refractivity contribution >= 4 is 29.6 Å². The molecule has 4 bridgehead atoms. The van der Waals surface area contributed by atoms with Gasteiger partial charge in [0.25, 0.3) is 11.8 Å². The van der Waals surface area contributed by atoms with Crippen molar-refractivity contribution < 1.29 is 24.6 Å². The minimum Gasteiger partial charge on any atom is -0.504 e. The van der Waals surface area contributed by atoms with Crippen LogP contribution in [-0.4, -0.2) is 28.1 Å². The van der Waals surface area contributed by atoms with E-state index in [4.69, 9.17) is 0 Å². The van der Waals surface area contributed by atoms with Crippen LogP contribution >= 0.6 is 0 Å². The van der Waals surface area contributed by atoms with Crippen LogP contribution in [0.2, 0.25) is 0 Å². The number of aromatic hydroxyl groups is 2. The van der Waals surface area contributed by atoms with Gasteiger partial charge in [0.1, 0.15) is 5.57 Å². The lowest BCUT2D eigenvalue weighted by Gasteiger charge is -2.57. The summed E-state index contributed by atoms with van der Waals surface area (Å²) in [6, 6.07) is 10.9. The van der Waals surface area contributed by atoms with Crippen molar-refractivity contribution in [3.05, 3.63) is 59.2 Å². The quantitative estimate of drug-likeness (QED) is 0.363. The molecule has 5 fully saturated rings. The number of hydrogen-bond acceptors (Lipinski definition) is 5. The molecule has 5 aliphatic rings. The molecule has 0 atom stereocenters. The molecule has 7 rings (SSSR count). The van der Waals surface area contributed by atoms with Gasteiger partial charge in [-0.1, -0.05) is 18.2 Å². The maximum Gasteiger partial charge on any atom is 0.335 e. The van der Waals surface area contributed by atoms with Crippen LogP contribution in [0.4, 0.5) is 10.5 Å². The second kappa shape index (κ2) is 7.45. The molecule has 7 heteroatoms. The summed E-state index contributed by atoms with van der Waals surface area (Å²) in [5.41, 5.74) is 2.02. The second-order valence-corrected chi connectivity index (χ2v) is 10.5. The van der Waals surface area contributed by atoms with Crippen LogP contribution in [0.1, 0.15) is 49.7 Å². The first-order chi connectivity index (χ1) is 16.3. The molecule has 1 saturated heterocycles. The Labute approximate surface area is 197 Å². The summed E-state index contributed by atoms with van der Waals surface area (Å²) < 4.78 is 0. The molecule has 34 heavy (non-hydrogen) atoms. The average molecular weight is 459 g/mol. The minimum absolute atomic E-state index is 0.212. The number of barbiturate groups is 1. The topological polar surface area (TPSA) is 107 Å². The number of nitrogens with one attached hydrogen (secondary N) is 1. The lowest BCUT2D eigenvalue weighted by atomic mass is 9.48. The van der Waals surface area contributed by atoms with Crippen LogP contribution < -0.4 is 10.2 Å². The number of anilines is 1. The molecule has 7 nitrogen and oxygen atoms in total. The first-order valence-electron chi connectivity index (χ1n) is 11.9. The van der Waals surface area contributed by atoms with E-state index in [0.717, 1.165) is 22.7 Å². The maximum absolute atomic E-state index is 13.2. The zero-order valence-corrected chi connectivity index (χ0v) is 18.7. The lowest BCUT2D eigenvalue weighted by molar-refractivity contribution is -0.122. The van der Waals surface area contributed by atoms with Crippen LogP contribution in [-0.2, 0) is 15.0 Å². The first-order valence-corrected chi connectivity index (χ1v) is 11.9. The zero-order chi connectivity index (χ0) is 23.6. The number of carbonyl (C=O) groups excluding carboxylic acids is 3. The van der Waals surface area contributed by atoms with Gasteiger partial charge < -0.3 is 10.2 Å². The highest BCUT2D eigenvalue weighted by atomic mass is 16.3. The van der Waals surface area contributed by atoms with E-state index in [1.54, 1.807) is 12.1 Å². The zero-order valence-electron chi connectivity index (χ0n) is 18.7. The summed E-state index contributed by atoms with van der Waals surface area (Å²) >= 11 is 0. The monoisotopic (exact) mass is 458 g/mol. The van der Waals surface area contributed by atoms with Gasteiger partial charge in [-0.25, -0.2) is 9.69 Å². The number of rotatable bonds is 3. The van der Waals surface area contributed by atoms with Crippen molar-refractivity contribution in [2.24, 2.45) is 17.8 Å². The fourth-order valence-corrected chi connectivity index (χ4v) is 7.12. The van der Waals surface area contributed by atoms with Gasteiger partial charge in [0.2, 0.25) is 0 Å². The number of hydrogen-bond donors (Lipinski definition) is 3. The number of imide groups is 2. The fraction of sp³-hybridized carbons (Fsp3) is 0.370. The molecule has 3 N–H and O–H groups in total. The molecule has 2 aromatic rings. The molecule has 4 amide bonds. The molecule has 4 aliphatic carbocycles. The van der Waals surface area contributed by atoms with Crippen LogP contribution in [0.5, 0.6) is 11.5 Å². The second-order valence-electron chi connectivity index (χ2n) is 10.5.